The van der Waals surface area contributed by atoms with Crippen LogP contribution in [0, 0.1) is 28.8 Å². The average Bonchev–Trinajstić information content (AvgIpc) is 2.78. The van der Waals surface area contributed by atoms with E-state index in [4.69, 9.17) is 23.1 Å². The van der Waals surface area contributed by atoms with Crippen molar-refractivity contribution in [1.82, 2.24) is 19.5 Å². The summed E-state index contributed by atoms with van der Waals surface area (Å²) in [5.41, 5.74) is 9.98. The zero-order valence-corrected chi connectivity index (χ0v) is 18.7. The largest absolute Gasteiger partial charge is 0.382 e. The number of aromatic nitrogens is 4. The number of nitrogens with one attached hydrogen (secondary N) is 1. The van der Waals surface area contributed by atoms with E-state index in [1.165, 1.54) is 6.07 Å². The van der Waals surface area contributed by atoms with Crippen LogP contribution in [-0.4, -0.2) is 19.5 Å². The molecule has 0 saturated carbocycles. The molecule has 0 fully saturated rings. The normalized spacial score (nSPS) is 11.9. The van der Waals surface area contributed by atoms with E-state index in [0.717, 1.165) is 22.8 Å². The molecule has 2 heterocycles. The van der Waals surface area contributed by atoms with Gasteiger partial charge in [0.05, 0.1) is 22.3 Å². The van der Waals surface area contributed by atoms with Crippen molar-refractivity contribution in [3.05, 3.63) is 74.5 Å². The summed E-state index contributed by atoms with van der Waals surface area (Å²) in [7, 11) is 0. The third-order valence-corrected chi connectivity index (χ3v) is 5.46. The Morgan fingerprint density at radius 2 is 1.83 bits per heavy atom. The molecule has 13 heteroatoms. The first-order valence-corrected chi connectivity index (χ1v) is 10.5. The van der Waals surface area contributed by atoms with Crippen molar-refractivity contribution >= 4 is 40.1 Å². The van der Waals surface area contributed by atoms with Crippen LogP contribution in [0.25, 0.3) is 16.6 Å². The molecule has 9 nitrogen and oxygen atoms in total. The van der Waals surface area contributed by atoms with E-state index < -0.39 is 34.4 Å². The highest BCUT2D eigenvalue weighted by molar-refractivity contribution is 6.35. The molecule has 0 aliphatic carbocycles. The number of nitriles is 1. The third kappa shape index (κ3) is 4.29. The minimum Gasteiger partial charge on any atom is -0.382 e. The summed E-state index contributed by atoms with van der Waals surface area (Å²) in [5.74, 6) is -3.38. The minimum atomic E-state index is -0.964. The summed E-state index contributed by atoms with van der Waals surface area (Å²) in [6.45, 7) is 1.71. The van der Waals surface area contributed by atoms with E-state index in [2.05, 4.69) is 20.3 Å². The molecule has 0 radical (unpaired) electrons. The zero-order valence-electron chi connectivity index (χ0n) is 18.0. The quantitative estimate of drug-likeness (QED) is 0.374. The number of nitrogen functional groups attached to an aromatic ring is 2. The Kier molecular flexibility index (Phi) is 6.19. The summed E-state index contributed by atoms with van der Waals surface area (Å²) in [4.78, 5) is 25.6. The van der Waals surface area contributed by atoms with E-state index in [0.29, 0.717) is 6.07 Å². The maximum absolute atomic E-state index is 14.7. The van der Waals surface area contributed by atoms with Gasteiger partial charge in [-0.2, -0.15) is 15.2 Å². The Morgan fingerprint density at radius 1 is 1.14 bits per heavy atom. The van der Waals surface area contributed by atoms with Gasteiger partial charge in [0.2, 0.25) is 5.95 Å². The van der Waals surface area contributed by atoms with Gasteiger partial charge in [-0.3, -0.25) is 9.36 Å². The lowest BCUT2D eigenvalue weighted by Crippen LogP contribution is -2.29. The monoisotopic (exact) mass is 500 g/mol. The van der Waals surface area contributed by atoms with Crippen molar-refractivity contribution in [2.24, 2.45) is 0 Å². The number of fused-ring (bicyclic) bond motifs is 1. The van der Waals surface area contributed by atoms with Gasteiger partial charge in [-0.25, -0.2) is 18.2 Å². The number of nitrogens with zero attached hydrogens (tertiary/aromatic N) is 5. The summed E-state index contributed by atoms with van der Waals surface area (Å²) in [5, 5.41) is 11.9. The molecule has 35 heavy (non-hydrogen) atoms. The number of nitrogens with two attached hydrogens (primary N) is 2. The first-order valence-electron chi connectivity index (χ1n) is 10.1. The highest BCUT2D eigenvalue weighted by Gasteiger charge is 2.25. The van der Waals surface area contributed by atoms with Gasteiger partial charge in [0, 0.05) is 6.07 Å². The SMILES string of the molecule is CC[C@H](Nc1nc(N)nc(N)c1C#N)c1nc2c(Cl)ccc(F)c2c(=O)n1-c1cc(F)cc(F)c1. The molecule has 2 aromatic carbocycles. The smallest absolute Gasteiger partial charge is 0.269 e. The second-order valence-corrected chi connectivity index (χ2v) is 7.81. The summed E-state index contributed by atoms with van der Waals surface area (Å²) < 4.78 is 43.7. The number of halogens is 4. The predicted octanol–water partition coefficient (Wildman–Crippen LogP) is 3.85. The number of benzene rings is 2. The second-order valence-electron chi connectivity index (χ2n) is 7.40. The molecule has 0 bridgehead atoms. The minimum absolute atomic E-state index is 0.0135. The summed E-state index contributed by atoms with van der Waals surface area (Å²) >= 11 is 6.20. The van der Waals surface area contributed by atoms with Crippen molar-refractivity contribution in [3.63, 3.8) is 0 Å². The molecule has 0 aliphatic rings. The van der Waals surface area contributed by atoms with Crippen molar-refractivity contribution in [1.29, 1.82) is 5.26 Å². The highest BCUT2D eigenvalue weighted by Crippen LogP contribution is 2.29. The van der Waals surface area contributed by atoms with Crippen LogP contribution >= 0.6 is 11.6 Å². The van der Waals surface area contributed by atoms with Gasteiger partial charge in [0.25, 0.3) is 5.56 Å². The number of hydrogen-bond acceptors (Lipinski definition) is 8. The van der Waals surface area contributed by atoms with Gasteiger partial charge in [0.15, 0.2) is 5.82 Å². The van der Waals surface area contributed by atoms with Crippen LogP contribution in [0.15, 0.2) is 35.1 Å². The number of hydrogen-bond donors (Lipinski definition) is 3. The average molecular weight is 501 g/mol. The molecule has 4 aromatic rings. The topological polar surface area (TPSA) is 149 Å². The van der Waals surface area contributed by atoms with E-state index in [-0.39, 0.29) is 51.6 Å². The highest BCUT2D eigenvalue weighted by atomic mass is 35.5. The van der Waals surface area contributed by atoms with Crippen LogP contribution in [0.2, 0.25) is 5.02 Å². The Labute approximate surface area is 200 Å². The van der Waals surface area contributed by atoms with Crippen molar-refractivity contribution in [3.8, 4) is 11.8 Å². The molecule has 0 aliphatic heterocycles. The van der Waals surface area contributed by atoms with Crippen molar-refractivity contribution < 1.29 is 13.2 Å². The van der Waals surface area contributed by atoms with Crippen LogP contribution in [0.4, 0.5) is 30.8 Å². The van der Waals surface area contributed by atoms with Crippen LogP contribution in [0.5, 0.6) is 0 Å². The molecule has 178 valence electrons. The fraction of sp³-hybridized carbons (Fsp3) is 0.136. The fourth-order valence-electron chi connectivity index (χ4n) is 3.61. The standard InChI is InChI=1S/C22H16ClF3N8O/c1-2-15(30-19-12(8-27)18(28)32-22(29)33-19)20-31-17-13(23)3-4-14(26)16(17)21(35)34(20)11-6-9(24)5-10(25)7-11/h3-7,15H,2H2,1H3,(H5,28,29,30,32,33)/t15-/m0/s1. The zero-order chi connectivity index (χ0) is 25.4. The Bertz CT molecular complexity index is 1560. The van der Waals surface area contributed by atoms with Crippen LogP contribution in [0.3, 0.4) is 0 Å². The lowest BCUT2D eigenvalue weighted by Gasteiger charge is -2.23. The fourth-order valence-corrected chi connectivity index (χ4v) is 3.81. The predicted molar refractivity (Wildman–Crippen MR) is 124 cm³/mol. The van der Waals surface area contributed by atoms with Gasteiger partial charge in [-0.15, -0.1) is 0 Å². The van der Waals surface area contributed by atoms with Crippen LogP contribution in [0.1, 0.15) is 30.8 Å². The van der Waals surface area contributed by atoms with Crippen LogP contribution < -0.4 is 22.3 Å². The maximum Gasteiger partial charge on any atom is 0.269 e. The van der Waals surface area contributed by atoms with Crippen molar-refractivity contribution in [2.45, 2.75) is 19.4 Å². The molecule has 2 aromatic heterocycles. The molecule has 5 N–H and O–H groups in total. The van der Waals surface area contributed by atoms with E-state index in [1.54, 1.807) is 6.92 Å². The number of rotatable bonds is 5. The number of anilines is 3. The first-order chi connectivity index (χ1) is 16.6. The molecule has 0 unspecified atom stereocenters. The van der Waals surface area contributed by atoms with E-state index >= 15 is 0 Å². The van der Waals surface area contributed by atoms with Crippen molar-refractivity contribution in [2.75, 3.05) is 16.8 Å². The Balaban J connectivity index is 2.04. The summed E-state index contributed by atoms with van der Waals surface area (Å²) in [6.07, 6.45) is 0.220. The van der Waals surface area contributed by atoms with Gasteiger partial charge < -0.3 is 16.8 Å². The van der Waals surface area contributed by atoms with Gasteiger partial charge in [0.1, 0.15) is 46.1 Å². The van der Waals surface area contributed by atoms with Gasteiger partial charge in [-0.1, -0.05) is 18.5 Å². The van der Waals surface area contributed by atoms with Gasteiger partial charge >= 0.3 is 0 Å². The Hall–Kier alpha value is -4.37. The second kappa shape index (κ2) is 9.11. The molecular formula is C22H16ClF3N8O. The van der Waals surface area contributed by atoms with Gasteiger partial charge in [-0.05, 0) is 30.7 Å². The maximum atomic E-state index is 14.7. The molecule has 0 saturated heterocycles. The summed E-state index contributed by atoms with van der Waals surface area (Å²) in [6, 6.07) is 5.61. The lowest BCUT2D eigenvalue weighted by molar-refractivity contribution is 0.578. The lowest BCUT2D eigenvalue weighted by atomic mass is 10.1. The van der Waals surface area contributed by atoms with E-state index in [1.807, 2.05) is 6.07 Å². The Morgan fingerprint density at radius 3 is 2.46 bits per heavy atom. The molecule has 0 spiro atoms. The van der Waals surface area contributed by atoms with E-state index in [9.17, 15) is 23.2 Å². The molecule has 4 rings (SSSR count). The third-order valence-electron chi connectivity index (χ3n) is 5.15. The molecule has 1 atom stereocenters. The van der Waals surface area contributed by atoms with Crippen LogP contribution in [-0.2, 0) is 0 Å². The first kappa shape index (κ1) is 23.8. The molecule has 0 amide bonds. The molecular weight excluding hydrogens is 485 g/mol.